The standard InChI is InChI=1S/C12H16OS/c1-8-5-11(7-10(3)13)12(14-4)6-9(8)2/h5-6H,7H2,1-4H3. The zero-order valence-corrected chi connectivity index (χ0v) is 9.99. The molecule has 0 heterocycles. The first kappa shape index (κ1) is 11.3. The van der Waals surface area contributed by atoms with Gasteiger partial charge in [-0.25, -0.2) is 0 Å². The molecule has 1 aromatic rings. The van der Waals surface area contributed by atoms with Crippen molar-refractivity contribution in [1.82, 2.24) is 0 Å². The molecule has 0 radical (unpaired) electrons. The molecule has 2 heteroatoms. The maximum absolute atomic E-state index is 11.1. The lowest BCUT2D eigenvalue weighted by Crippen LogP contribution is -1.99. The molecule has 1 aromatic carbocycles. The van der Waals surface area contributed by atoms with Crippen LogP contribution < -0.4 is 0 Å². The van der Waals surface area contributed by atoms with Gasteiger partial charge in [-0.2, -0.15) is 0 Å². The quantitative estimate of drug-likeness (QED) is 0.710. The number of hydrogen-bond acceptors (Lipinski definition) is 2. The van der Waals surface area contributed by atoms with Crippen molar-refractivity contribution in [2.45, 2.75) is 32.1 Å². The summed E-state index contributed by atoms with van der Waals surface area (Å²) in [6, 6.07) is 4.29. The van der Waals surface area contributed by atoms with E-state index in [1.165, 1.54) is 16.0 Å². The van der Waals surface area contributed by atoms with Crippen LogP contribution in [0.5, 0.6) is 0 Å². The fraction of sp³-hybridized carbons (Fsp3) is 0.417. The van der Waals surface area contributed by atoms with Crippen molar-refractivity contribution in [3.63, 3.8) is 0 Å². The minimum absolute atomic E-state index is 0.226. The topological polar surface area (TPSA) is 17.1 Å². The SMILES string of the molecule is CSc1cc(C)c(C)cc1CC(C)=O. The number of benzene rings is 1. The van der Waals surface area contributed by atoms with Crippen molar-refractivity contribution in [3.05, 3.63) is 28.8 Å². The zero-order chi connectivity index (χ0) is 10.7. The Kier molecular flexibility index (Phi) is 3.76. The highest BCUT2D eigenvalue weighted by molar-refractivity contribution is 7.98. The van der Waals surface area contributed by atoms with Crippen molar-refractivity contribution in [2.24, 2.45) is 0 Å². The van der Waals surface area contributed by atoms with Gasteiger partial charge in [0.05, 0.1) is 0 Å². The van der Waals surface area contributed by atoms with Gasteiger partial charge >= 0.3 is 0 Å². The molecule has 0 amide bonds. The summed E-state index contributed by atoms with van der Waals surface area (Å²) >= 11 is 1.71. The third kappa shape index (κ3) is 2.61. The van der Waals surface area contributed by atoms with E-state index in [1.54, 1.807) is 18.7 Å². The molecule has 0 aliphatic rings. The number of Topliss-reactive ketones (excluding diaryl/α,β-unsaturated/α-hetero) is 1. The van der Waals surface area contributed by atoms with E-state index in [9.17, 15) is 4.79 Å². The number of aryl methyl sites for hydroxylation is 2. The molecule has 0 aromatic heterocycles. The molecule has 0 atom stereocenters. The van der Waals surface area contributed by atoms with Gasteiger partial charge in [0, 0.05) is 11.3 Å². The van der Waals surface area contributed by atoms with Crippen molar-refractivity contribution in [1.29, 1.82) is 0 Å². The summed E-state index contributed by atoms with van der Waals surface area (Å²) in [5, 5.41) is 0. The number of rotatable bonds is 3. The van der Waals surface area contributed by atoms with Crippen molar-refractivity contribution in [3.8, 4) is 0 Å². The van der Waals surface area contributed by atoms with Crippen molar-refractivity contribution in [2.75, 3.05) is 6.26 Å². The Labute approximate surface area is 89.9 Å². The highest BCUT2D eigenvalue weighted by atomic mass is 32.2. The largest absolute Gasteiger partial charge is 0.300 e. The summed E-state index contributed by atoms with van der Waals surface area (Å²) in [6.45, 7) is 5.83. The van der Waals surface area contributed by atoms with Crippen LogP contribution in [0.2, 0.25) is 0 Å². The smallest absolute Gasteiger partial charge is 0.134 e. The van der Waals surface area contributed by atoms with Crippen LogP contribution in [0.4, 0.5) is 0 Å². The molecule has 0 aliphatic heterocycles. The summed E-state index contributed by atoms with van der Waals surface area (Å²) in [5.74, 6) is 0.226. The van der Waals surface area contributed by atoms with E-state index in [1.807, 2.05) is 6.26 Å². The Bertz CT molecular complexity index is 356. The van der Waals surface area contributed by atoms with E-state index in [2.05, 4.69) is 26.0 Å². The third-order valence-corrected chi connectivity index (χ3v) is 3.16. The van der Waals surface area contributed by atoms with Gasteiger partial charge in [0.2, 0.25) is 0 Å². The van der Waals surface area contributed by atoms with Crippen LogP contribution in [-0.2, 0) is 11.2 Å². The maximum Gasteiger partial charge on any atom is 0.134 e. The van der Waals surface area contributed by atoms with Crippen molar-refractivity contribution >= 4 is 17.5 Å². The molecule has 0 fully saturated rings. The van der Waals surface area contributed by atoms with Crippen LogP contribution in [-0.4, -0.2) is 12.0 Å². The highest BCUT2D eigenvalue weighted by Crippen LogP contribution is 2.24. The number of thioether (sulfide) groups is 1. The van der Waals surface area contributed by atoms with Gasteiger partial charge in [0.15, 0.2) is 0 Å². The molecule has 0 saturated carbocycles. The van der Waals surface area contributed by atoms with E-state index in [0.717, 1.165) is 5.56 Å². The Morgan fingerprint density at radius 1 is 1.29 bits per heavy atom. The Hall–Kier alpha value is -0.760. The van der Waals surface area contributed by atoms with Gasteiger partial charge in [-0.15, -0.1) is 11.8 Å². The van der Waals surface area contributed by atoms with Gasteiger partial charge in [0.1, 0.15) is 5.78 Å². The fourth-order valence-corrected chi connectivity index (χ4v) is 2.13. The first-order chi connectivity index (χ1) is 6.54. The molecule has 0 spiro atoms. The van der Waals surface area contributed by atoms with E-state index >= 15 is 0 Å². The van der Waals surface area contributed by atoms with Gasteiger partial charge in [-0.3, -0.25) is 4.79 Å². The third-order valence-electron chi connectivity index (χ3n) is 2.34. The van der Waals surface area contributed by atoms with Gasteiger partial charge in [-0.1, -0.05) is 6.07 Å². The number of carbonyl (C=O) groups excluding carboxylic acids is 1. The van der Waals surface area contributed by atoms with E-state index < -0.39 is 0 Å². The second-order valence-electron chi connectivity index (χ2n) is 3.63. The highest BCUT2D eigenvalue weighted by Gasteiger charge is 2.06. The molecule has 0 aliphatic carbocycles. The number of ketones is 1. The molecule has 0 unspecified atom stereocenters. The minimum Gasteiger partial charge on any atom is -0.300 e. The number of hydrogen-bond donors (Lipinski definition) is 0. The van der Waals surface area contributed by atoms with E-state index in [4.69, 9.17) is 0 Å². The molecule has 14 heavy (non-hydrogen) atoms. The predicted octanol–water partition coefficient (Wildman–Crippen LogP) is 3.16. The van der Waals surface area contributed by atoms with Crippen molar-refractivity contribution < 1.29 is 4.79 Å². The van der Waals surface area contributed by atoms with Gasteiger partial charge in [-0.05, 0) is 49.8 Å². The lowest BCUT2D eigenvalue weighted by atomic mass is 10.0. The first-order valence-electron chi connectivity index (χ1n) is 4.68. The van der Waals surface area contributed by atoms with Gasteiger partial charge < -0.3 is 0 Å². The molecular weight excluding hydrogens is 192 g/mol. The zero-order valence-electron chi connectivity index (χ0n) is 9.18. The van der Waals surface area contributed by atoms with Crippen LogP contribution >= 0.6 is 11.8 Å². The average Bonchev–Trinajstić information content (AvgIpc) is 2.10. The Morgan fingerprint density at radius 2 is 1.86 bits per heavy atom. The molecule has 1 rings (SSSR count). The van der Waals surface area contributed by atoms with E-state index in [0.29, 0.717) is 6.42 Å². The molecule has 0 bridgehead atoms. The minimum atomic E-state index is 0.226. The van der Waals surface area contributed by atoms with Crippen LogP contribution in [0.15, 0.2) is 17.0 Å². The summed E-state index contributed by atoms with van der Waals surface area (Å²) in [4.78, 5) is 12.3. The number of carbonyl (C=O) groups is 1. The van der Waals surface area contributed by atoms with Gasteiger partial charge in [0.25, 0.3) is 0 Å². The Morgan fingerprint density at radius 3 is 2.36 bits per heavy atom. The second kappa shape index (κ2) is 4.65. The lowest BCUT2D eigenvalue weighted by Gasteiger charge is -2.09. The molecular formula is C12H16OS. The second-order valence-corrected chi connectivity index (χ2v) is 4.48. The molecule has 0 saturated heterocycles. The summed E-state index contributed by atoms with van der Waals surface area (Å²) < 4.78 is 0. The summed E-state index contributed by atoms with van der Waals surface area (Å²) in [6.07, 6.45) is 2.60. The molecule has 76 valence electrons. The summed E-state index contributed by atoms with van der Waals surface area (Å²) in [5.41, 5.74) is 3.72. The molecule has 1 nitrogen and oxygen atoms in total. The fourth-order valence-electron chi connectivity index (χ4n) is 1.45. The van der Waals surface area contributed by atoms with Crippen LogP contribution in [0.25, 0.3) is 0 Å². The lowest BCUT2D eigenvalue weighted by molar-refractivity contribution is -0.116. The summed E-state index contributed by atoms with van der Waals surface area (Å²) in [7, 11) is 0. The monoisotopic (exact) mass is 208 g/mol. The molecule has 0 N–H and O–H groups in total. The average molecular weight is 208 g/mol. The maximum atomic E-state index is 11.1. The normalized spacial score (nSPS) is 10.3. The van der Waals surface area contributed by atoms with Crippen LogP contribution in [0, 0.1) is 13.8 Å². The van der Waals surface area contributed by atoms with E-state index in [-0.39, 0.29) is 5.78 Å². The first-order valence-corrected chi connectivity index (χ1v) is 5.90. The van der Waals surface area contributed by atoms with Crippen LogP contribution in [0.1, 0.15) is 23.6 Å². The van der Waals surface area contributed by atoms with Crippen LogP contribution in [0.3, 0.4) is 0 Å². The predicted molar refractivity (Wildman–Crippen MR) is 62.1 cm³/mol. The Balaban J connectivity index is 3.13.